The highest BCUT2D eigenvalue weighted by atomic mass is 35.5. The Morgan fingerprint density at radius 3 is 2.70 bits per heavy atom. The number of nitrogens with zero attached hydrogens (tertiary/aromatic N) is 3. The molecule has 0 spiro atoms. The highest BCUT2D eigenvalue weighted by molar-refractivity contribution is 6.32. The maximum Gasteiger partial charge on any atom is 0.176 e. The zero-order valence-corrected chi connectivity index (χ0v) is 21.4. The number of benzene rings is 2. The van der Waals surface area contributed by atoms with Crippen molar-refractivity contribution >= 4 is 45.5 Å². The molecular weight excluding hydrogens is 490 g/mol. The Morgan fingerprint density at radius 2 is 2.03 bits per heavy atom. The van der Waals surface area contributed by atoms with Gasteiger partial charge in [-0.25, -0.2) is 4.98 Å². The number of hydrogen-bond donors (Lipinski definition) is 3. The van der Waals surface area contributed by atoms with Crippen molar-refractivity contribution in [3.8, 4) is 22.6 Å². The Balaban J connectivity index is 1.56. The Bertz CT molecular complexity index is 1480. The number of anilines is 3. The highest BCUT2D eigenvalue weighted by Crippen LogP contribution is 2.40. The zero-order chi connectivity index (χ0) is 26.1. The van der Waals surface area contributed by atoms with Crippen molar-refractivity contribution in [1.82, 2.24) is 9.97 Å². The molecule has 1 atom stereocenters. The van der Waals surface area contributed by atoms with Gasteiger partial charge in [0.15, 0.2) is 11.5 Å². The van der Waals surface area contributed by atoms with E-state index in [4.69, 9.17) is 22.1 Å². The Labute approximate surface area is 220 Å². The summed E-state index contributed by atoms with van der Waals surface area (Å²) in [6.45, 7) is 3.26. The summed E-state index contributed by atoms with van der Waals surface area (Å²) in [5, 5.41) is 14.7. The minimum absolute atomic E-state index is 0.0363. The number of ether oxygens (including phenoxy) is 1. The Hall–Kier alpha value is -3.88. The van der Waals surface area contributed by atoms with Gasteiger partial charge in [0.25, 0.3) is 0 Å². The van der Waals surface area contributed by atoms with Gasteiger partial charge in [-0.15, -0.1) is 0 Å². The van der Waals surface area contributed by atoms with Gasteiger partial charge in [-0.05, 0) is 60.9 Å². The summed E-state index contributed by atoms with van der Waals surface area (Å²) in [7, 11) is 1.48. The van der Waals surface area contributed by atoms with Crippen LogP contribution >= 0.6 is 11.6 Å². The number of pyridine rings is 2. The Kier molecular flexibility index (Phi) is 6.86. The van der Waals surface area contributed by atoms with E-state index in [1.165, 1.54) is 7.11 Å². The summed E-state index contributed by atoms with van der Waals surface area (Å²) in [6.07, 6.45) is 4.72. The van der Waals surface area contributed by atoms with E-state index in [0.29, 0.717) is 0 Å². The summed E-state index contributed by atoms with van der Waals surface area (Å²) < 4.78 is 5.28. The molecule has 0 saturated carbocycles. The van der Waals surface area contributed by atoms with Crippen LogP contribution in [0.25, 0.3) is 22.0 Å². The van der Waals surface area contributed by atoms with Crippen LogP contribution in [-0.2, 0) is 11.2 Å². The maximum atomic E-state index is 12.1. The number of halogens is 1. The van der Waals surface area contributed by atoms with Crippen LogP contribution < -0.4 is 20.7 Å². The molecule has 1 aliphatic rings. The lowest BCUT2D eigenvalue weighted by molar-refractivity contribution is -0.116. The molecule has 1 saturated heterocycles. The molecule has 5 rings (SSSR count). The number of aromatic hydroxyl groups is 1. The molecule has 1 aliphatic heterocycles. The fourth-order valence-corrected chi connectivity index (χ4v) is 4.86. The van der Waals surface area contributed by atoms with Gasteiger partial charge in [-0.3, -0.25) is 9.78 Å². The second-order valence-corrected chi connectivity index (χ2v) is 9.71. The number of phenolic OH excluding ortho intramolecular Hbond substituents is 1. The fourth-order valence-electron chi connectivity index (χ4n) is 4.65. The van der Waals surface area contributed by atoms with Crippen molar-refractivity contribution < 1.29 is 14.6 Å². The normalized spacial score (nSPS) is 15.2. The van der Waals surface area contributed by atoms with E-state index in [0.717, 1.165) is 64.3 Å². The molecule has 0 amide bonds. The fraction of sp³-hybridized carbons (Fsp3) is 0.250. The molecule has 4 N–H and O–H groups in total. The van der Waals surface area contributed by atoms with Crippen molar-refractivity contribution in [1.29, 1.82) is 0 Å². The first-order valence-corrected chi connectivity index (χ1v) is 12.4. The number of fused-ring (bicyclic) bond motifs is 1. The molecule has 4 aromatic rings. The molecule has 0 bridgehead atoms. The number of Topliss-reactive ketones (excluding diaryl/α,β-unsaturated/α-hetero) is 1. The van der Waals surface area contributed by atoms with Crippen molar-refractivity contribution in [3.05, 3.63) is 65.4 Å². The highest BCUT2D eigenvalue weighted by Gasteiger charge is 2.20. The van der Waals surface area contributed by atoms with E-state index in [2.05, 4.69) is 20.2 Å². The summed E-state index contributed by atoms with van der Waals surface area (Å²) in [4.78, 5) is 23.5. The third-order valence-corrected chi connectivity index (χ3v) is 6.82. The number of carbonyl (C=O) groups excluding carboxylic acids is 1. The first-order chi connectivity index (χ1) is 17.8. The third-order valence-electron chi connectivity index (χ3n) is 6.53. The quantitative estimate of drug-likeness (QED) is 0.311. The lowest BCUT2D eigenvalue weighted by Gasteiger charge is -2.18. The SMILES string of the molecule is COc1cc(-c2ccc3ncc(CC(C)=O)c(Nc4ccc(N5CCC(N)C5)nc4)c3c2)cc(Cl)c1O. The van der Waals surface area contributed by atoms with Crippen LogP contribution in [0.1, 0.15) is 18.9 Å². The molecule has 2 aromatic carbocycles. The minimum Gasteiger partial charge on any atom is -0.503 e. The van der Waals surface area contributed by atoms with E-state index in [1.807, 2.05) is 30.3 Å². The predicted octanol–water partition coefficient (Wildman–Crippen LogP) is 5.08. The van der Waals surface area contributed by atoms with Gasteiger partial charge in [0.2, 0.25) is 0 Å². The average Bonchev–Trinajstić information content (AvgIpc) is 3.33. The van der Waals surface area contributed by atoms with Crippen molar-refractivity contribution in [3.63, 3.8) is 0 Å². The lowest BCUT2D eigenvalue weighted by atomic mass is 9.99. The number of carbonyl (C=O) groups is 1. The van der Waals surface area contributed by atoms with Gasteiger partial charge in [0.05, 0.1) is 35.2 Å². The first kappa shape index (κ1) is 24.8. The van der Waals surface area contributed by atoms with E-state index >= 15 is 0 Å². The number of ketones is 1. The third kappa shape index (κ3) is 5.16. The largest absolute Gasteiger partial charge is 0.503 e. The van der Waals surface area contributed by atoms with Crippen molar-refractivity contribution in [2.75, 3.05) is 30.4 Å². The summed E-state index contributed by atoms with van der Waals surface area (Å²) in [5.74, 6) is 1.11. The Morgan fingerprint density at radius 1 is 1.19 bits per heavy atom. The molecule has 0 aliphatic carbocycles. The molecule has 8 nitrogen and oxygen atoms in total. The van der Waals surface area contributed by atoms with Crippen LogP contribution in [0, 0.1) is 0 Å². The minimum atomic E-state index is -0.103. The van der Waals surface area contributed by atoms with Crippen LogP contribution in [-0.4, -0.2) is 47.1 Å². The topological polar surface area (TPSA) is 114 Å². The molecule has 3 heterocycles. The first-order valence-electron chi connectivity index (χ1n) is 12.0. The standard InChI is InChI=1S/C28H28ClN5O3/c1-16(35)9-19-13-31-24-5-3-17(18-11-23(29)28(36)25(12-18)37-2)10-22(24)27(19)33-21-4-6-26(32-14-21)34-8-7-20(30)15-34/h3-6,10-14,20,36H,7-9,15,30H2,1-2H3,(H,31,33). The van der Waals surface area contributed by atoms with Gasteiger partial charge in [0, 0.05) is 42.7 Å². The second-order valence-electron chi connectivity index (χ2n) is 9.30. The van der Waals surface area contributed by atoms with E-state index in [1.54, 1.807) is 31.5 Å². The lowest BCUT2D eigenvalue weighted by Crippen LogP contribution is -2.26. The molecule has 190 valence electrons. The number of nitrogens with one attached hydrogen (secondary N) is 1. The molecule has 2 aromatic heterocycles. The van der Waals surface area contributed by atoms with Gasteiger partial charge in [-0.2, -0.15) is 0 Å². The summed E-state index contributed by atoms with van der Waals surface area (Å²) >= 11 is 6.25. The molecule has 37 heavy (non-hydrogen) atoms. The predicted molar refractivity (Wildman–Crippen MR) is 147 cm³/mol. The van der Waals surface area contributed by atoms with E-state index in [-0.39, 0.29) is 34.8 Å². The van der Waals surface area contributed by atoms with E-state index < -0.39 is 0 Å². The number of aromatic nitrogens is 2. The van der Waals surface area contributed by atoms with Crippen LogP contribution in [0.4, 0.5) is 17.2 Å². The van der Waals surface area contributed by atoms with Crippen molar-refractivity contribution in [2.24, 2.45) is 5.73 Å². The zero-order valence-electron chi connectivity index (χ0n) is 20.7. The van der Waals surface area contributed by atoms with Crippen LogP contribution in [0.5, 0.6) is 11.5 Å². The van der Waals surface area contributed by atoms with Gasteiger partial charge < -0.3 is 25.8 Å². The molecule has 0 radical (unpaired) electrons. The van der Waals surface area contributed by atoms with Gasteiger partial charge >= 0.3 is 0 Å². The monoisotopic (exact) mass is 517 g/mol. The number of nitrogens with two attached hydrogens (primary N) is 1. The smallest absolute Gasteiger partial charge is 0.176 e. The van der Waals surface area contributed by atoms with Crippen LogP contribution in [0.2, 0.25) is 5.02 Å². The summed E-state index contributed by atoms with van der Waals surface area (Å²) in [6, 6.07) is 13.4. The number of hydrogen-bond acceptors (Lipinski definition) is 8. The maximum absolute atomic E-state index is 12.1. The molecule has 1 fully saturated rings. The molecule has 9 heteroatoms. The van der Waals surface area contributed by atoms with Gasteiger partial charge in [-0.1, -0.05) is 17.7 Å². The van der Waals surface area contributed by atoms with Crippen LogP contribution in [0.15, 0.2) is 54.9 Å². The summed E-state index contributed by atoms with van der Waals surface area (Å²) in [5.41, 5.74) is 10.8. The van der Waals surface area contributed by atoms with Crippen LogP contribution in [0.3, 0.4) is 0 Å². The van der Waals surface area contributed by atoms with E-state index in [9.17, 15) is 9.90 Å². The molecular formula is C28H28ClN5O3. The second kappa shape index (κ2) is 10.2. The average molecular weight is 518 g/mol. The number of rotatable bonds is 7. The number of methoxy groups -OCH3 is 1. The van der Waals surface area contributed by atoms with Crippen molar-refractivity contribution in [2.45, 2.75) is 25.8 Å². The van der Waals surface area contributed by atoms with Gasteiger partial charge in [0.1, 0.15) is 11.6 Å². The molecule has 1 unspecified atom stereocenters. The number of phenols is 1.